The molecule has 1 aromatic carbocycles. The Labute approximate surface area is 175 Å². The number of rotatable bonds is 5. The molecule has 0 saturated heterocycles. The summed E-state index contributed by atoms with van der Waals surface area (Å²) in [6.45, 7) is 4.11. The number of allylic oxidation sites excluding steroid dienone is 2. The summed E-state index contributed by atoms with van der Waals surface area (Å²) >= 11 is 0. The zero-order valence-electron chi connectivity index (χ0n) is 18.0. The number of benzene rings is 1. The predicted octanol–water partition coefficient (Wildman–Crippen LogP) is 4.75. The number of carbonyl (C=O) groups is 1. The third-order valence-electron chi connectivity index (χ3n) is 8.03. The lowest BCUT2D eigenvalue weighted by Gasteiger charge is -2.50. The van der Waals surface area contributed by atoms with Gasteiger partial charge in [0.2, 0.25) is 0 Å². The predicted molar refractivity (Wildman–Crippen MR) is 113 cm³/mol. The molecule has 2 saturated carbocycles. The van der Waals surface area contributed by atoms with E-state index in [2.05, 4.69) is 23.7 Å². The molecule has 0 aliphatic heterocycles. The van der Waals surface area contributed by atoms with Crippen LogP contribution < -0.4 is 4.74 Å². The van der Waals surface area contributed by atoms with Crippen LogP contribution in [0.5, 0.6) is 5.75 Å². The van der Waals surface area contributed by atoms with Crippen LogP contribution in [0.3, 0.4) is 0 Å². The molecular weight excluding hydrogens is 363 g/mol. The molecule has 5 unspecified atom stereocenters. The van der Waals surface area contributed by atoms with Gasteiger partial charge in [0.25, 0.3) is 0 Å². The summed E-state index contributed by atoms with van der Waals surface area (Å²) in [5, 5.41) is 0. The Kier molecular flexibility index (Phi) is 5.54. The van der Waals surface area contributed by atoms with E-state index in [4.69, 9.17) is 17.5 Å². The van der Waals surface area contributed by atoms with Gasteiger partial charge in [0, 0.05) is 13.2 Å². The quantitative estimate of drug-likeness (QED) is 0.313. The van der Waals surface area contributed by atoms with Crippen LogP contribution in [-0.2, 0) is 15.8 Å². The Bertz CT molecular complexity index is 832. The van der Waals surface area contributed by atoms with E-state index in [-0.39, 0.29) is 11.2 Å². The highest BCUT2D eigenvalue weighted by Gasteiger charge is 2.55. The van der Waals surface area contributed by atoms with E-state index in [9.17, 15) is 4.79 Å². The van der Waals surface area contributed by atoms with Crippen molar-refractivity contribution < 1.29 is 18.9 Å². The molecule has 0 N–H and O–H groups in total. The van der Waals surface area contributed by atoms with Crippen LogP contribution >= 0.6 is 0 Å². The maximum atomic E-state index is 12.8. The molecule has 4 nitrogen and oxygen atoms in total. The standard InChI is InChI=1S/C24H31BO4/c1-14(29-25)11-21(26)19-13-18-15(12-22(19)27-3)5-6-17-16(18)9-10-24(2)20(17)7-8-23(24)28-4/h11-13,16-17,20,23H,5-10H2,1-4H3/b14-11+. The zero-order valence-corrected chi connectivity index (χ0v) is 18.0. The Hall–Kier alpha value is -1.75. The van der Waals surface area contributed by atoms with E-state index in [0.717, 1.165) is 12.8 Å². The van der Waals surface area contributed by atoms with Gasteiger partial charge in [0.15, 0.2) is 5.78 Å². The van der Waals surface area contributed by atoms with Crippen molar-refractivity contribution in [3.63, 3.8) is 0 Å². The topological polar surface area (TPSA) is 44.8 Å². The van der Waals surface area contributed by atoms with Crippen molar-refractivity contribution in [2.75, 3.05) is 14.2 Å². The van der Waals surface area contributed by atoms with Crippen molar-refractivity contribution in [2.45, 2.75) is 64.4 Å². The summed E-state index contributed by atoms with van der Waals surface area (Å²) < 4.78 is 16.1. The fraction of sp³-hybridized carbons (Fsp3) is 0.625. The molecule has 1 aromatic rings. The van der Waals surface area contributed by atoms with Gasteiger partial charge in [-0.15, -0.1) is 0 Å². The average Bonchev–Trinajstić information content (AvgIpc) is 3.08. The van der Waals surface area contributed by atoms with Gasteiger partial charge in [-0.1, -0.05) is 6.92 Å². The molecule has 2 radical (unpaired) electrons. The van der Waals surface area contributed by atoms with Crippen LogP contribution in [0.15, 0.2) is 24.0 Å². The summed E-state index contributed by atoms with van der Waals surface area (Å²) in [4.78, 5) is 12.8. The lowest BCUT2D eigenvalue weighted by molar-refractivity contribution is -0.0444. The normalized spacial score (nSPS) is 33.4. The molecule has 0 spiro atoms. The van der Waals surface area contributed by atoms with Gasteiger partial charge in [0.05, 0.1) is 24.5 Å². The smallest absolute Gasteiger partial charge is 0.373 e. The van der Waals surface area contributed by atoms with Crippen LogP contribution in [0.4, 0.5) is 0 Å². The first-order valence-corrected chi connectivity index (χ1v) is 10.8. The third-order valence-corrected chi connectivity index (χ3v) is 8.03. The maximum absolute atomic E-state index is 12.8. The van der Waals surface area contributed by atoms with Crippen molar-refractivity contribution in [2.24, 2.45) is 17.3 Å². The molecule has 0 aromatic heterocycles. The van der Waals surface area contributed by atoms with E-state index in [1.807, 2.05) is 7.11 Å². The molecule has 0 bridgehead atoms. The second-order valence-electron chi connectivity index (χ2n) is 9.25. The fourth-order valence-electron chi connectivity index (χ4n) is 6.60. The number of ketones is 1. The molecule has 5 atom stereocenters. The summed E-state index contributed by atoms with van der Waals surface area (Å²) in [5.41, 5.74) is 3.56. The van der Waals surface area contributed by atoms with E-state index < -0.39 is 0 Å². The maximum Gasteiger partial charge on any atom is 0.373 e. The lowest BCUT2D eigenvalue weighted by Crippen LogP contribution is -2.44. The summed E-state index contributed by atoms with van der Waals surface area (Å²) in [5.74, 6) is 2.78. The first-order valence-electron chi connectivity index (χ1n) is 10.8. The first kappa shape index (κ1) is 20.5. The Morgan fingerprint density at radius 3 is 2.69 bits per heavy atom. The molecule has 0 heterocycles. The number of hydrogen-bond acceptors (Lipinski definition) is 4. The average molecular weight is 394 g/mol. The van der Waals surface area contributed by atoms with Gasteiger partial charge >= 0.3 is 8.05 Å². The Morgan fingerprint density at radius 1 is 1.21 bits per heavy atom. The van der Waals surface area contributed by atoms with Gasteiger partial charge in [-0.2, -0.15) is 0 Å². The molecular formula is C24H31BO4. The molecule has 29 heavy (non-hydrogen) atoms. The van der Waals surface area contributed by atoms with E-state index in [0.29, 0.717) is 40.9 Å². The number of hydrogen-bond donors (Lipinski definition) is 0. The highest BCUT2D eigenvalue weighted by Crippen LogP contribution is 2.61. The molecule has 154 valence electrons. The molecule has 4 rings (SSSR count). The van der Waals surface area contributed by atoms with Crippen LogP contribution in [0.1, 0.15) is 73.4 Å². The molecule has 3 aliphatic carbocycles. The van der Waals surface area contributed by atoms with E-state index in [1.54, 1.807) is 14.0 Å². The fourth-order valence-corrected chi connectivity index (χ4v) is 6.60. The SMILES string of the molecule is [B]O/C(C)=C/C(=O)c1cc2c(cc1OC)CCC1C2CCC2(C)C(OC)CCC12. The van der Waals surface area contributed by atoms with Gasteiger partial charge in [-0.25, -0.2) is 0 Å². The molecule has 5 heteroatoms. The van der Waals surface area contributed by atoms with Crippen molar-refractivity contribution in [3.05, 3.63) is 40.7 Å². The third kappa shape index (κ3) is 3.32. The van der Waals surface area contributed by atoms with Crippen LogP contribution in [0.25, 0.3) is 0 Å². The van der Waals surface area contributed by atoms with Gasteiger partial charge in [0.1, 0.15) is 5.75 Å². The van der Waals surface area contributed by atoms with E-state index in [1.165, 1.54) is 42.9 Å². The summed E-state index contributed by atoms with van der Waals surface area (Å²) in [6, 6.07) is 4.16. The van der Waals surface area contributed by atoms with Gasteiger partial charge < -0.3 is 14.1 Å². The molecule has 2 fully saturated rings. The Balaban J connectivity index is 1.70. The minimum atomic E-state index is -0.129. The number of fused-ring (bicyclic) bond motifs is 5. The highest BCUT2D eigenvalue weighted by molar-refractivity contribution is 6.07. The number of carbonyl (C=O) groups excluding carboxylic acids is 1. The van der Waals surface area contributed by atoms with Crippen molar-refractivity contribution in [1.82, 2.24) is 0 Å². The van der Waals surface area contributed by atoms with Crippen molar-refractivity contribution in [3.8, 4) is 5.75 Å². The minimum Gasteiger partial charge on any atom is -0.571 e. The second kappa shape index (κ2) is 7.83. The number of aryl methyl sites for hydroxylation is 1. The first-order chi connectivity index (χ1) is 13.9. The molecule has 0 amide bonds. The second-order valence-corrected chi connectivity index (χ2v) is 9.25. The largest absolute Gasteiger partial charge is 0.571 e. The lowest BCUT2D eigenvalue weighted by atomic mass is 9.55. The zero-order chi connectivity index (χ0) is 20.8. The monoisotopic (exact) mass is 394 g/mol. The minimum absolute atomic E-state index is 0.129. The van der Waals surface area contributed by atoms with Crippen LogP contribution in [0.2, 0.25) is 0 Å². The number of methoxy groups -OCH3 is 2. The van der Waals surface area contributed by atoms with Gasteiger partial charge in [-0.3, -0.25) is 4.79 Å². The van der Waals surface area contributed by atoms with Crippen LogP contribution in [0, 0.1) is 17.3 Å². The van der Waals surface area contributed by atoms with Crippen molar-refractivity contribution >= 4 is 13.8 Å². The summed E-state index contributed by atoms with van der Waals surface area (Å²) in [7, 11) is 8.68. The highest BCUT2D eigenvalue weighted by atomic mass is 16.5. The molecule has 3 aliphatic rings. The number of ether oxygens (including phenoxy) is 2. The van der Waals surface area contributed by atoms with Gasteiger partial charge in [-0.05, 0) is 91.9 Å². The summed E-state index contributed by atoms with van der Waals surface area (Å²) in [6.07, 6.45) is 8.84. The van der Waals surface area contributed by atoms with Crippen LogP contribution in [-0.4, -0.2) is 34.2 Å². The van der Waals surface area contributed by atoms with Crippen molar-refractivity contribution in [1.29, 1.82) is 0 Å². The Morgan fingerprint density at radius 2 is 2.00 bits per heavy atom. The van der Waals surface area contributed by atoms with E-state index >= 15 is 0 Å².